The van der Waals surface area contributed by atoms with Crippen LogP contribution in [0.3, 0.4) is 0 Å². The molecule has 16 heavy (non-hydrogen) atoms. The third kappa shape index (κ3) is 5.14. The molecule has 0 amide bonds. The van der Waals surface area contributed by atoms with E-state index in [1.807, 2.05) is 24.3 Å². The zero-order valence-corrected chi connectivity index (χ0v) is 9.95. The molecule has 90 valence electrons. The van der Waals surface area contributed by atoms with E-state index in [4.69, 9.17) is 15.2 Å². The fraction of sp³-hybridized carbons (Fsp3) is 0.538. The Balaban J connectivity index is 2.12. The average Bonchev–Trinajstić information content (AvgIpc) is 2.34. The fourth-order valence-corrected chi connectivity index (χ4v) is 1.44. The van der Waals surface area contributed by atoms with E-state index in [1.165, 1.54) is 5.56 Å². The first kappa shape index (κ1) is 13.0. The maximum Gasteiger partial charge on any atom is 0.118 e. The molecule has 3 nitrogen and oxygen atoms in total. The number of hydrogen-bond donors (Lipinski definition) is 1. The second-order valence-electron chi connectivity index (χ2n) is 3.75. The summed E-state index contributed by atoms with van der Waals surface area (Å²) < 4.78 is 10.6. The molecule has 1 rings (SSSR count). The van der Waals surface area contributed by atoms with Gasteiger partial charge in [-0.2, -0.15) is 0 Å². The largest absolute Gasteiger partial charge is 0.497 e. The summed E-state index contributed by atoms with van der Waals surface area (Å²) in [5, 5.41) is 0. The topological polar surface area (TPSA) is 44.5 Å². The summed E-state index contributed by atoms with van der Waals surface area (Å²) in [6.45, 7) is 2.26. The van der Waals surface area contributed by atoms with Crippen molar-refractivity contribution in [1.29, 1.82) is 0 Å². The van der Waals surface area contributed by atoms with Crippen LogP contribution in [0.15, 0.2) is 24.3 Å². The second-order valence-corrected chi connectivity index (χ2v) is 3.75. The van der Waals surface area contributed by atoms with E-state index < -0.39 is 0 Å². The highest BCUT2D eigenvalue weighted by Crippen LogP contribution is 2.12. The summed E-state index contributed by atoms with van der Waals surface area (Å²) in [7, 11) is 1.67. The molecule has 0 saturated heterocycles. The molecule has 0 aliphatic carbocycles. The first-order valence-electron chi connectivity index (χ1n) is 5.77. The van der Waals surface area contributed by atoms with Crippen molar-refractivity contribution in [3.63, 3.8) is 0 Å². The molecule has 0 bridgehead atoms. The van der Waals surface area contributed by atoms with Gasteiger partial charge in [-0.3, -0.25) is 0 Å². The van der Waals surface area contributed by atoms with Gasteiger partial charge in [0, 0.05) is 6.61 Å². The molecular weight excluding hydrogens is 202 g/mol. The van der Waals surface area contributed by atoms with E-state index in [0.29, 0.717) is 6.61 Å². The molecule has 0 aliphatic heterocycles. The minimum Gasteiger partial charge on any atom is -0.497 e. The van der Waals surface area contributed by atoms with Crippen LogP contribution in [-0.2, 0) is 11.3 Å². The molecular formula is C13H21NO2. The summed E-state index contributed by atoms with van der Waals surface area (Å²) in [6.07, 6.45) is 3.33. The van der Waals surface area contributed by atoms with Gasteiger partial charge in [0.05, 0.1) is 13.7 Å². The number of ether oxygens (including phenoxy) is 2. The molecule has 0 unspecified atom stereocenters. The monoisotopic (exact) mass is 223 g/mol. The Morgan fingerprint density at radius 3 is 2.44 bits per heavy atom. The number of benzene rings is 1. The zero-order chi connectivity index (χ0) is 11.6. The average molecular weight is 223 g/mol. The van der Waals surface area contributed by atoms with Crippen LogP contribution in [0.2, 0.25) is 0 Å². The number of unbranched alkanes of at least 4 members (excludes halogenated alkanes) is 2. The Hall–Kier alpha value is -1.06. The third-order valence-corrected chi connectivity index (χ3v) is 2.42. The van der Waals surface area contributed by atoms with E-state index >= 15 is 0 Å². The van der Waals surface area contributed by atoms with E-state index in [1.54, 1.807) is 7.11 Å². The van der Waals surface area contributed by atoms with Gasteiger partial charge >= 0.3 is 0 Å². The van der Waals surface area contributed by atoms with Crippen LogP contribution in [0, 0.1) is 0 Å². The maximum atomic E-state index is 5.56. The second kappa shape index (κ2) is 8.13. The number of methoxy groups -OCH3 is 1. The van der Waals surface area contributed by atoms with Gasteiger partial charge in [0.1, 0.15) is 5.75 Å². The van der Waals surface area contributed by atoms with Crippen LogP contribution in [0.1, 0.15) is 24.8 Å². The normalized spacial score (nSPS) is 10.4. The van der Waals surface area contributed by atoms with Crippen LogP contribution in [0.5, 0.6) is 5.75 Å². The predicted octanol–water partition coefficient (Wildman–Crippen LogP) is 2.34. The molecule has 0 atom stereocenters. The molecule has 0 aromatic heterocycles. The lowest BCUT2D eigenvalue weighted by molar-refractivity contribution is 0.117. The van der Waals surface area contributed by atoms with Crippen molar-refractivity contribution in [2.75, 3.05) is 20.3 Å². The van der Waals surface area contributed by atoms with Gasteiger partial charge in [-0.15, -0.1) is 0 Å². The Labute approximate surface area is 97.6 Å². The van der Waals surface area contributed by atoms with Crippen LogP contribution >= 0.6 is 0 Å². The minimum atomic E-state index is 0.673. The molecule has 0 heterocycles. The summed E-state index contributed by atoms with van der Waals surface area (Å²) in [5.74, 6) is 0.881. The lowest BCUT2D eigenvalue weighted by Crippen LogP contribution is -2.00. The van der Waals surface area contributed by atoms with Gasteiger partial charge in [0.15, 0.2) is 0 Å². The highest BCUT2D eigenvalue weighted by molar-refractivity contribution is 5.26. The maximum absolute atomic E-state index is 5.56. The SMILES string of the molecule is COc1ccc(COCCCCCN)cc1. The van der Waals surface area contributed by atoms with Crippen LogP contribution in [-0.4, -0.2) is 20.3 Å². The van der Waals surface area contributed by atoms with Gasteiger partial charge in [0.2, 0.25) is 0 Å². The van der Waals surface area contributed by atoms with Crippen molar-refractivity contribution in [2.24, 2.45) is 5.73 Å². The van der Waals surface area contributed by atoms with Crippen molar-refractivity contribution in [3.05, 3.63) is 29.8 Å². The van der Waals surface area contributed by atoms with Gasteiger partial charge in [-0.25, -0.2) is 0 Å². The van der Waals surface area contributed by atoms with Crippen molar-refractivity contribution in [3.8, 4) is 5.75 Å². The third-order valence-electron chi connectivity index (χ3n) is 2.42. The molecule has 1 aromatic carbocycles. The standard InChI is InChI=1S/C13H21NO2/c1-15-13-7-5-12(6-8-13)11-16-10-4-2-3-9-14/h5-8H,2-4,9-11,14H2,1H3. The summed E-state index contributed by atoms with van der Waals surface area (Å²) in [6, 6.07) is 7.96. The number of rotatable bonds is 8. The van der Waals surface area contributed by atoms with Gasteiger partial charge in [0.25, 0.3) is 0 Å². The minimum absolute atomic E-state index is 0.673. The van der Waals surface area contributed by atoms with Crippen LogP contribution < -0.4 is 10.5 Å². The highest BCUT2D eigenvalue weighted by Gasteiger charge is 1.95. The molecule has 3 heteroatoms. The lowest BCUT2D eigenvalue weighted by Gasteiger charge is -2.05. The van der Waals surface area contributed by atoms with Crippen molar-refractivity contribution >= 4 is 0 Å². The van der Waals surface area contributed by atoms with Gasteiger partial charge < -0.3 is 15.2 Å². The highest BCUT2D eigenvalue weighted by atomic mass is 16.5. The van der Waals surface area contributed by atoms with Crippen LogP contribution in [0.4, 0.5) is 0 Å². The van der Waals surface area contributed by atoms with E-state index in [2.05, 4.69) is 0 Å². The first-order chi connectivity index (χ1) is 7.86. The van der Waals surface area contributed by atoms with Crippen LogP contribution in [0.25, 0.3) is 0 Å². The zero-order valence-electron chi connectivity index (χ0n) is 9.95. The number of hydrogen-bond acceptors (Lipinski definition) is 3. The van der Waals surface area contributed by atoms with Gasteiger partial charge in [-0.05, 0) is 43.5 Å². The molecule has 0 fully saturated rings. The van der Waals surface area contributed by atoms with E-state index in [0.717, 1.165) is 38.2 Å². The number of nitrogens with two attached hydrogens (primary N) is 1. The molecule has 1 aromatic rings. The van der Waals surface area contributed by atoms with Crippen molar-refractivity contribution in [1.82, 2.24) is 0 Å². The predicted molar refractivity (Wildman–Crippen MR) is 65.6 cm³/mol. The lowest BCUT2D eigenvalue weighted by atomic mass is 10.2. The molecule has 2 N–H and O–H groups in total. The van der Waals surface area contributed by atoms with Crippen molar-refractivity contribution in [2.45, 2.75) is 25.9 Å². The summed E-state index contributed by atoms with van der Waals surface area (Å²) >= 11 is 0. The Morgan fingerprint density at radius 2 is 1.81 bits per heavy atom. The fourth-order valence-electron chi connectivity index (χ4n) is 1.44. The van der Waals surface area contributed by atoms with E-state index in [9.17, 15) is 0 Å². The Bertz CT molecular complexity index is 272. The van der Waals surface area contributed by atoms with Gasteiger partial charge in [-0.1, -0.05) is 12.1 Å². The molecule has 0 spiro atoms. The van der Waals surface area contributed by atoms with Crippen molar-refractivity contribution < 1.29 is 9.47 Å². The van der Waals surface area contributed by atoms with E-state index in [-0.39, 0.29) is 0 Å². The first-order valence-corrected chi connectivity index (χ1v) is 5.77. The Morgan fingerprint density at radius 1 is 1.06 bits per heavy atom. The summed E-state index contributed by atoms with van der Waals surface area (Å²) in [4.78, 5) is 0. The molecule has 0 radical (unpaired) electrons. The summed E-state index contributed by atoms with van der Waals surface area (Å²) in [5.41, 5.74) is 6.59. The molecule has 0 saturated carbocycles. The Kier molecular flexibility index (Phi) is 6.61. The quantitative estimate of drug-likeness (QED) is 0.688. The smallest absolute Gasteiger partial charge is 0.118 e. The molecule has 0 aliphatic rings.